The number of carbonyl (C=O) groups is 1. The van der Waals surface area contributed by atoms with Crippen LogP contribution in [0.15, 0.2) is 35.1 Å². The van der Waals surface area contributed by atoms with Crippen LogP contribution in [0.25, 0.3) is 0 Å². The summed E-state index contributed by atoms with van der Waals surface area (Å²) in [6.07, 6.45) is 3.26. The smallest absolute Gasteiger partial charge is 0.280 e. The fraction of sp³-hybridized carbons (Fsp3) is 0.267. The molecule has 1 fully saturated rings. The molecule has 100 valence electrons. The molecule has 0 bridgehead atoms. The van der Waals surface area contributed by atoms with Gasteiger partial charge >= 0.3 is 0 Å². The van der Waals surface area contributed by atoms with E-state index in [2.05, 4.69) is 11.1 Å². The second-order valence-electron chi connectivity index (χ2n) is 4.82. The molecule has 5 nitrogen and oxygen atoms in total. The van der Waals surface area contributed by atoms with Crippen LogP contribution in [0.5, 0.6) is 0 Å². The summed E-state index contributed by atoms with van der Waals surface area (Å²) >= 11 is 0. The maximum atomic E-state index is 12.6. The van der Waals surface area contributed by atoms with Crippen LogP contribution >= 0.6 is 0 Å². The Balaban J connectivity index is 1.95. The van der Waals surface area contributed by atoms with Crippen LogP contribution in [0.1, 0.15) is 34.7 Å². The number of nitrogens with zero attached hydrogens (tertiary/aromatic N) is 3. The summed E-state index contributed by atoms with van der Waals surface area (Å²) < 4.78 is 5.11. The number of hydrogen-bond donors (Lipinski definition) is 0. The van der Waals surface area contributed by atoms with E-state index < -0.39 is 0 Å². The molecule has 2 aromatic rings. The number of oxazole rings is 1. The van der Waals surface area contributed by atoms with Crippen molar-refractivity contribution in [2.24, 2.45) is 0 Å². The molecule has 1 aliphatic carbocycles. The van der Waals surface area contributed by atoms with Crippen molar-refractivity contribution < 1.29 is 9.21 Å². The molecule has 1 aliphatic rings. The van der Waals surface area contributed by atoms with Gasteiger partial charge in [0.2, 0.25) is 0 Å². The van der Waals surface area contributed by atoms with Gasteiger partial charge in [0.1, 0.15) is 5.76 Å². The number of carbonyl (C=O) groups excluding carboxylic acids is 1. The monoisotopic (exact) mass is 267 g/mol. The second kappa shape index (κ2) is 4.82. The first-order valence-electron chi connectivity index (χ1n) is 6.44. The first-order chi connectivity index (χ1) is 9.70. The van der Waals surface area contributed by atoms with Gasteiger partial charge in [-0.25, -0.2) is 4.98 Å². The third kappa shape index (κ3) is 2.16. The lowest BCUT2D eigenvalue weighted by atomic mass is 10.2. The van der Waals surface area contributed by atoms with Crippen LogP contribution in [-0.4, -0.2) is 16.9 Å². The van der Waals surface area contributed by atoms with E-state index in [9.17, 15) is 4.79 Å². The standard InChI is InChI=1S/C15H13N3O2/c1-10-14(17-9-20-10)15(19)18(13-6-7-13)12-4-2-11(8-16)3-5-12/h2-5,9,13H,6-7H2,1H3. The number of aryl methyl sites for hydroxylation is 1. The molecule has 1 saturated carbocycles. The minimum atomic E-state index is -0.150. The number of anilines is 1. The summed E-state index contributed by atoms with van der Waals surface area (Å²) in [5.74, 6) is 0.373. The molecule has 1 amide bonds. The first kappa shape index (κ1) is 12.4. The lowest BCUT2D eigenvalue weighted by Gasteiger charge is -2.21. The minimum Gasteiger partial charge on any atom is -0.448 e. The van der Waals surface area contributed by atoms with E-state index in [0.717, 1.165) is 18.5 Å². The van der Waals surface area contributed by atoms with Crippen LogP contribution in [0.2, 0.25) is 0 Å². The molecule has 0 N–H and O–H groups in total. The van der Waals surface area contributed by atoms with Gasteiger partial charge in [0.05, 0.1) is 11.6 Å². The summed E-state index contributed by atoms with van der Waals surface area (Å²) in [4.78, 5) is 18.3. The van der Waals surface area contributed by atoms with Gasteiger partial charge in [-0.05, 0) is 44.0 Å². The van der Waals surface area contributed by atoms with Gasteiger partial charge in [-0.15, -0.1) is 0 Å². The molecule has 1 aromatic carbocycles. The van der Waals surface area contributed by atoms with Crippen molar-refractivity contribution >= 4 is 11.6 Å². The van der Waals surface area contributed by atoms with Crippen molar-refractivity contribution in [2.75, 3.05) is 4.90 Å². The van der Waals surface area contributed by atoms with Gasteiger partial charge in [-0.3, -0.25) is 4.79 Å². The molecule has 20 heavy (non-hydrogen) atoms. The second-order valence-corrected chi connectivity index (χ2v) is 4.82. The molecule has 0 saturated heterocycles. The molecule has 5 heteroatoms. The van der Waals surface area contributed by atoms with E-state index in [0.29, 0.717) is 17.0 Å². The zero-order valence-electron chi connectivity index (χ0n) is 11.0. The molecule has 1 aromatic heterocycles. The highest BCUT2D eigenvalue weighted by Gasteiger charge is 2.35. The number of aromatic nitrogens is 1. The Morgan fingerprint density at radius 2 is 2.10 bits per heavy atom. The Bertz CT molecular complexity index is 678. The highest BCUT2D eigenvalue weighted by Crippen LogP contribution is 2.33. The molecule has 0 spiro atoms. The summed E-state index contributed by atoms with van der Waals surface area (Å²) in [6.45, 7) is 1.73. The number of nitriles is 1. The number of benzene rings is 1. The summed E-state index contributed by atoms with van der Waals surface area (Å²) in [6, 6.07) is 9.31. The fourth-order valence-corrected chi connectivity index (χ4v) is 2.15. The van der Waals surface area contributed by atoms with Crippen molar-refractivity contribution in [3.05, 3.63) is 47.7 Å². The Labute approximate surface area is 116 Å². The fourth-order valence-electron chi connectivity index (χ4n) is 2.15. The predicted octanol–water partition coefficient (Wildman–Crippen LogP) is 2.66. The van der Waals surface area contributed by atoms with Gasteiger partial charge in [0.15, 0.2) is 12.1 Å². The van der Waals surface area contributed by atoms with Crippen LogP contribution in [0.4, 0.5) is 5.69 Å². The van der Waals surface area contributed by atoms with E-state index in [4.69, 9.17) is 9.68 Å². The van der Waals surface area contributed by atoms with E-state index >= 15 is 0 Å². The minimum absolute atomic E-state index is 0.150. The Morgan fingerprint density at radius 1 is 1.40 bits per heavy atom. The maximum absolute atomic E-state index is 12.6. The third-order valence-corrected chi connectivity index (χ3v) is 3.35. The highest BCUT2D eigenvalue weighted by atomic mass is 16.3. The highest BCUT2D eigenvalue weighted by molar-refractivity contribution is 6.06. The van der Waals surface area contributed by atoms with E-state index in [1.54, 1.807) is 36.1 Å². The predicted molar refractivity (Wildman–Crippen MR) is 72.2 cm³/mol. The first-order valence-corrected chi connectivity index (χ1v) is 6.44. The van der Waals surface area contributed by atoms with Crippen molar-refractivity contribution in [3.8, 4) is 6.07 Å². The van der Waals surface area contributed by atoms with Crippen LogP contribution in [0, 0.1) is 18.3 Å². The van der Waals surface area contributed by atoms with E-state index in [1.807, 2.05) is 0 Å². The number of hydrogen-bond acceptors (Lipinski definition) is 4. The average Bonchev–Trinajstić information content (AvgIpc) is 3.20. The van der Waals surface area contributed by atoms with E-state index in [-0.39, 0.29) is 11.9 Å². The normalized spacial score (nSPS) is 13.8. The largest absolute Gasteiger partial charge is 0.448 e. The molecular formula is C15H13N3O2. The lowest BCUT2D eigenvalue weighted by Crippen LogP contribution is -2.33. The zero-order chi connectivity index (χ0) is 14.1. The quantitative estimate of drug-likeness (QED) is 0.857. The van der Waals surface area contributed by atoms with Gasteiger partial charge in [-0.1, -0.05) is 0 Å². The molecule has 1 heterocycles. The van der Waals surface area contributed by atoms with Crippen molar-refractivity contribution in [3.63, 3.8) is 0 Å². The van der Waals surface area contributed by atoms with Crippen molar-refractivity contribution in [2.45, 2.75) is 25.8 Å². The molecular weight excluding hydrogens is 254 g/mol. The van der Waals surface area contributed by atoms with E-state index in [1.165, 1.54) is 6.39 Å². The Hall–Kier alpha value is -2.61. The van der Waals surface area contributed by atoms with Crippen LogP contribution in [0.3, 0.4) is 0 Å². The lowest BCUT2D eigenvalue weighted by molar-refractivity contribution is 0.0979. The molecule has 0 atom stereocenters. The Morgan fingerprint density at radius 3 is 2.60 bits per heavy atom. The number of rotatable bonds is 3. The maximum Gasteiger partial charge on any atom is 0.280 e. The van der Waals surface area contributed by atoms with Gasteiger partial charge < -0.3 is 9.32 Å². The molecule has 0 unspecified atom stereocenters. The summed E-state index contributed by atoms with van der Waals surface area (Å²) in [7, 11) is 0. The number of amides is 1. The Kier molecular flexibility index (Phi) is 2.99. The van der Waals surface area contributed by atoms with Gasteiger partial charge in [0, 0.05) is 11.7 Å². The zero-order valence-corrected chi connectivity index (χ0v) is 11.0. The van der Waals surface area contributed by atoms with Crippen LogP contribution in [-0.2, 0) is 0 Å². The average molecular weight is 267 g/mol. The van der Waals surface area contributed by atoms with Crippen molar-refractivity contribution in [1.82, 2.24) is 4.98 Å². The van der Waals surface area contributed by atoms with Gasteiger partial charge in [-0.2, -0.15) is 5.26 Å². The third-order valence-electron chi connectivity index (χ3n) is 3.35. The molecule has 0 radical (unpaired) electrons. The van der Waals surface area contributed by atoms with Gasteiger partial charge in [0.25, 0.3) is 5.91 Å². The van der Waals surface area contributed by atoms with Crippen LogP contribution < -0.4 is 4.90 Å². The topological polar surface area (TPSA) is 70.1 Å². The summed E-state index contributed by atoms with van der Waals surface area (Å²) in [5.41, 5.74) is 1.72. The van der Waals surface area contributed by atoms with Crippen molar-refractivity contribution in [1.29, 1.82) is 5.26 Å². The molecule has 3 rings (SSSR count). The SMILES string of the molecule is Cc1ocnc1C(=O)N(c1ccc(C#N)cc1)C1CC1. The summed E-state index contributed by atoms with van der Waals surface area (Å²) in [5, 5.41) is 8.83. The molecule has 0 aliphatic heterocycles.